The maximum atomic E-state index is 11.9. The zero-order chi connectivity index (χ0) is 23.3. The molecule has 1 fully saturated rings. The molecule has 9 nitrogen and oxygen atoms in total. The average molecular weight is 457 g/mol. The number of amides is 1. The number of carboxylic acids is 1. The van der Waals surface area contributed by atoms with E-state index in [4.69, 9.17) is 14.4 Å². The number of hydrogen-bond donors (Lipinski definition) is 2. The van der Waals surface area contributed by atoms with E-state index in [1.165, 1.54) is 18.5 Å². The number of halogens is 3. The molecule has 1 unspecified atom stereocenters. The van der Waals surface area contributed by atoms with Gasteiger partial charge in [-0.3, -0.25) is 14.4 Å². The Balaban J connectivity index is 0.000000360. The number of carbonyl (C=O) groups excluding carboxylic acids is 1. The lowest BCUT2D eigenvalue weighted by molar-refractivity contribution is -0.192. The zero-order valence-electron chi connectivity index (χ0n) is 17.6. The second kappa shape index (κ2) is 10.2. The summed E-state index contributed by atoms with van der Waals surface area (Å²) >= 11 is 0. The lowest BCUT2D eigenvalue weighted by Gasteiger charge is -2.33. The molecule has 2 aromatic heterocycles. The Hall–Kier alpha value is -2.89. The zero-order valence-corrected chi connectivity index (χ0v) is 17.6. The van der Waals surface area contributed by atoms with Crippen LogP contribution < -0.4 is 5.32 Å². The van der Waals surface area contributed by atoms with Crippen LogP contribution in [-0.2, 0) is 22.7 Å². The summed E-state index contributed by atoms with van der Waals surface area (Å²) < 4.78 is 39.0. The summed E-state index contributed by atoms with van der Waals surface area (Å²) in [6.07, 6.45) is 0.777. The van der Waals surface area contributed by atoms with Gasteiger partial charge in [-0.25, -0.2) is 4.79 Å². The topological polar surface area (TPSA) is 113 Å². The van der Waals surface area contributed by atoms with Crippen molar-refractivity contribution in [2.75, 3.05) is 13.1 Å². The van der Waals surface area contributed by atoms with Crippen LogP contribution in [0.4, 0.5) is 13.2 Å². The van der Waals surface area contributed by atoms with E-state index in [2.05, 4.69) is 31.2 Å². The maximum absolute atomic E-state index is 11.9. The van der Waals surface area contributed by atoms with Crippen molar-refractivity contribution in [1.82, 2.24) is 25.2 Å². The van der Waals surface area contributed by atoms with E-state index < -0.39 is 12.1 Å². The number of aryl methyl sites for hydroxylation is 1. The number of hydrogen-bond acceptors (Lipinski definition) is 6. The van der Waals surface area contributed by atoms with Gasteiger partial charge in [0, 0.05) is 44.9 Å². The quantitative estimate of drug-likeness (QED) is 0.657. The monoisotopic (exact) mass is 457 g/mol. The first kappa shape index (κ1) is 23.8. The molecular formula is C20H26F3N5O4. The highest BCUT2D eigenvalue weighted by Gasteiger charge is 2.38. The number of fused-ring (bicyclic) bond motifs is 1. The van der Waals surface area contributed by atoms with Gasteiger partial charge in [-0.1, -0.05) is 5.16 Å². The van der Waals surface area contributed by atoms with Crippen molar-refractivity contribution in [3.8, 4) is 0 Å². The third kappa shape index (κ3) is 7.08. The Labute approximate surface area is 182 Å². The minimum Gasteiger partial charge on any atom is -0.475 e. The normalized spacial score (nSPS) is 18.4. The first-order valence-electron chi connectivity index (χ1n) is 10.4. The van der Waals surface area contributed by atoms with Crippen LogP contribution in [0.2, 0.25) is 0 Å². The molecule has 2 N–H and O–H groups in total. The van der Waals surface area contributed by atoms with Crippen molar-refractivity contribution >= 4 is 11.9 Å². The van der Waals surface area contributed by atoms with Crippen molar-refractivity contribution < 1.29 is 32.4 Å². The second-order valence-electron chi connectivity index (χ2n) is 8.11. The molecule has 0 saturated heterocycles. The van der Waals surface area contributed by atoms with Gasteiger partial charge in [0.15, 0.2) is 0 Å². The van der Waals surface area contributed by atoms with Gasteiger partial charge < -0.3 is 14.9 Å². The highest BCUT2D eigenvalue weighted by atomic mass is 19.4. The van der Waals surface area contributed by atoms with Crippen LogP contribution in [0.5, 0.6) is 0 Å². The molecule has 4 rings (SSSR count). The van der Waals surface area contributed by atoms with Crippen LogP contribution in [0.1, 0.15) is 48.9 Å². The summed E-state index contributed by atoms with van der Waals surface area (Å²) in [5.41, 5.74) is 2.17. The van der Waals surface area contributed by atoms with Crippen molar-refractivity contribution in [3.05, 3.63) is 35.5 Å². The van der Waals surface area contributed by atoms with Gasteiger partial charge in [-0.15, -0.1) is 0 Å². The Kier molecular flexibility index (Phi) is 7.54. The molecule has 0 spiro atoms. The minimum atomic E-state index is -5.08. The van der Waals surface area contributed by atoms with Crippen LogP contribution in [0.15, 0.2) is 22.9 Å². The molecule has 12 heteroatoms. The molecule has 1 aliphatic heterocycles. The van der Waals surface area contributed by atoms with Gasteiger partial charge in [-0.2, -0.15) is 18.3 Å². The Morgan fingerprint density at radius 2 is 2.06 bits per heavy atom. The first-order valence-corrected chi connectivity index (χ1v) is 10.4. The van der Waals surface area contributed by atoms with Gasteiger partial charge in [0.2, 0.25) is 5.91 Å². The highest BCUT2D eigenvalue weighted by Crippen LogP contribution is 2.32. The summed E-state index contributed by atoms with van der Waals surface area (Å²) in [5, 5.41) is 18.8. The predicted molar refractivity (Wildman–Crippen MR) is 105 cm³/mol. The summed E-state index contributed by atoms with van der Waals surface area (Å²) in [4.78, 5) is 23.1. The Morgan fingerprint density at radius 3 is 2.66 bits per heavy atom. The average Bonchev–Trinajstić information content (AvgIpc) is 3.21. The van der Waals surface area contributed by atoms with Crippen LogP contribution in [0.25, 0.3) is 0 Å². The number of carbonyl (C=O) groups is 2. The summed E-state index contributed by atoms with van der Waals surface area (Å²) in [5.74, 6) is -1.10. The first-order chi connectivity index (χ1) is 15.1. The molecule has 32 heavy (non-hydrogen) atoms. The molecule has 1 amide bonds. The third-order valence-corrected chi connectivity index (χ3v) is 5.23. The molecule has 2 aliphatic rings. The number of nitrogens with one attached hydrogen (secondary N) is 1. The van der Waals surface area contributed by atoms with Crippen LogP contribution in [0, 0.1) is 12.8 Å². The molecule has 1 atom stereocenters. The SMILES string of the molecule is Cc1cc(CN2Cc3ccnn3C(CCNC(=O)CC3CC3)C2)no1.O=C(O)C(F)(F)F. The number of rotatable bonds is 7. The molecule has 3 heterocycles. The molecule has 176 valence electrons. The number of carboxylic acid groups (broad SMARTS) is 1. The Morgan fingerprint density at radius 1 is 1.34 bits per heavy atom. The van der Waals surface area contributed by atoms with E-state index in [1.807, 2.05) is 19.2 Å². The lowest BCUT2D eigenvalue weighted by atomic mass is 10.1. The smallest absolute Gasteiger partial charge is 0.475 e. The van der Waals surface area contributed by atoms with Gasteiger partial charge in [0.25, 0.3) is 0 Å². The van der Waals surface area contributed by atoms with E-state index in [0.29, 0.717) is 18.9 Å². The van der Waals surface area contributed by atoms with E-state index in [0.717, 1.165) is 37.5 Å². The molecule has 0 radical (unpaired) electrons. The van der Waals surface area contributed by atoms with Crippen molar-refractivity contribution in [2.45, 2.75) is 57.9 Å². The number of aromatic nitrogens is 3. The fourth-order valence-electron chi connectivity index (χ4n) is 3.55. The summed E-state index contributed by atoms with van der Waals surface area (Å²) in [6.45, 7) is 5.14. The molecule has 1 saturated carbocycles. The van der Waals surface area contributed by atoms with Gasteiger partial charge in [0.05, 0.1) is 17.4 Å². The van der Waals surface area contributed by atoms with E-state index in [9.17, 15) is 18.0 Å². The Bertz CT molecular complexity index is 922. The van der Waals surface area contributed by atoms with Crippen molar-refractivity contribution in [1.29, 1.82) is 0 Å². The molecule has 2 aromatic rings. The van der Waals surface area contributed by atoms with Crippen molar-refractivity contribution in [2.24, 2.45) is 5.92 Å². The van der Waals surface area contributed by atoms with Crippen LogP contribution in [-0.4, -0.2) is 56.1 Å². The highest BCUT2D eigenvalue weighted by molar-refractivity contribution is 5.76. The maximum Gasteiger partial charge on any atom is 0.490 e. The van der Waals surface area contributed by atoms with Gasteiger partial charge >= 0.3 is 12.1 Å². The summed E-state index contributed by atoms with van der Waals surface area (Å²) in [7, 11) is 0. The minimum absolute atomic E-state index is 0.189. The van der Waals surface area contributed by atoms with Crippen LogP contribution >= 0.6 is 0 Å². The number of alkyl halides is 3. The van der Waals surface area contributed by atoms with E-state index in [-0.39, 0.29) is 11.9 Å². The molecular weight excluding hydrogens is 431 g/mol. The van der Waals surface area contributed by atoms with E-state index >= 15 is 0 Å². The fourth-order valence-corrected chi connectivity index (χ4v) is 3.55. The standard InChI is InChI=1S/C18H25N5O2.C2HF3O2/c1-13-8-15(21-25-13)10-22-11-16(23-17(12-22)5-7-20-23)4-6-19-18(24)9-14-2-3-14;3-2(4,5)1(6)7/h5,7-8,14,16H,2-4,6,9-12H2,1H3,(H,19,24);(H,6,7). The number of nitrogens with zero attached hydrogens (tertiary/aromatic N) is 4. The van der Waals surface area contributed by atoms with Gasteiger partial charge in [0.1, 0.15) is 5.76 Å². The van der Waals surface area contributed by atoms with Crippen molar-refractivity contribution in [3.63, 3.8) is 0 Å². The number of aliphatic carboxylic acids is 1. The largest absolute Gasteiger partial charge is 0.490 e. The van der Waals surface area contributed by atoms with E-state index in [1.54, 1.807) is 0 Å². The lowest BCUT2D eigenvalue weighted by Crippen LogP contribution is -2.39. The molecule has 0 aromatic carbocycles. The molecule has 1 aliphatic carbocycles. The summed E-state index contributed by atoms with van der Waals surface area (Å²) in [6, 6.07) is 4.32. The van der Waals surface area contributed by atoms with Crippen LogP contribution in [0.3, 0.4) is 0 Å². The molecule has 0 bridgehead atoms. The predicted octanol–water partition coefficient (Wildman–Crippen LogP) is 2.68. The second-order valence-corrected chi connectivity index (χ2v) is 8.11. The fraction of sp³-hybridized carbons (Fsp3) is 0.600. The van der Waals surface area contributed by atoms with Gasteiger partial charge in [-0.05, 0) is 38.2 Å². The third-order valence-electron chi connectivity index (χ3n) is 5.23.